The summed E-state index contributed by atoms with van der Waals surface area (Å²) in [4.78, 5) is 0. The lowest BCUT2D eigenvalue weighted by Crippen LogP contribution is -2.22. The number of hydrogen-bond donors (Lipinski definition) is 1. The Bertz CT molecular complexity index is 319. The monoisotopic (exact) mass is 265 g/mol. The smallest absolute Gasteiger partial charge is 0.0707 e. The summed E-state index contributed by atoms with van der Waals surface area (Å²) in [5.74, 6) is 0. The molecule has 0 unspecified atom stereocenters. The van der Waals surface area contributed by atoms with E-state index in [1.807, 2.05) is 6.07 Å². The average molecular weight is 265 g/mol. The van der Waals surface area contributed by atoms with Crippen LogP contribution >= 0.6 is 0 Å². The van der Waals surface area contributed by atoms with Gasteiger partial charge in [0.15, 0.2) is 0 Å². The molecule has 0 radical (unpaired) electrons. The highest BCUT2D eigenvalue weighted by molar-refractivity contribution is 5.14. The van der Waals surface area contributed by atoms with E-state index in [9.17, 15) is 0 Å². The van der Waals surface area contributed by atoms with Crippen LogP contribution in [0.3, 0.4) is 0 Å². The Kier molecular flexibility index (Phi) is 7.72. The first-order chi connectivity index (χ1) is 9.08. The largest absolute Gasteiger partial charge is 0.379 e. The summed E-state index contributed by atoms with van der Waals surface area (Å²) in [5, 5.41) is 3.41. The lowest BCUT2D eigenvalue weighted by molar-refractivity contribution is -0.0349. The Morgan fingerprint density at radius 1 is 1.00 bits per heavy atom. The van der Waals surface area contributed by atoms with Crippen molar-refractivity contribution in [2.24, 2.45) is 0 Å². The van der Waals surface area contributed by atoms with E-state index in [4.69, 9.17) is 9.47 Å². The Labute approximate surface area is 117 Å². The van der Waals surface area contributed by atoms with Crippen LogP contribution in [0.2, 0.25) is 0 Å². The molecule has 19 heavy (non-hydrogen) atoms. The van der Waals surface area contributed by atoms with Gasteiger partial charge in [0, 0.05) is 13.2 Å². The molecule has 0 bridgehead atoms. The summed E-state index contributed by atoms with van der Waals surface area (Å²) < 4.78 is 11.1. The molecule has 0 heterocycles. The molecule has 0 fully saturated rings. The molecule has 1 N–H and O–H groups in total. The Hall–Kier alpha value is -0.900. The fourth-order valence-electron chi connectivity index (χ4n) is 1.64. The molecule has 1 aromatic rings. The van der Waals surface area contributed by atoms with E-state index < -0.39 is 0 Å². The van der Waals surface area contributed by atoms with E-state index in [0.717, 1.165) is 26.1 Å². The van der Waals surface area contributed by atoms with Gasteiger partial charge in [-0.25, -0.2) is 0 Å². The van der Waals surface area contributed by atoms with Gasteiger partial charge in [-0.05, 0) is 39.3 Å². The molecule has 0 aliphatic heterocycles. The Morgan fingerprint density at radius 3 is 2.42 bits per heavy atom. The number of rotatable bonds is 9. The summed E-state index contributed by atoms with van der Waals surface area (Å²) in [6, 6.07) is 10.4. The number of hydrogen-bond acceptors (Lipinski definition) is 3. The molecular weight excluding hydrogens is 238 g/mol. The SMILES string of the molecule is CC(C)(C)OCCOCCCNCc1ccccc1. The van der Waals surface area contributed by atoms with Crippen LogP contribution in [0, 0.1) is 0 Å². The molecule has 0 saturated carbocycles. The van der Waals surface area contributed by atoms with Gasteiger partial charge in [0.05, 0.1) is 18.8 Å². The summed E-state index contributed by atoms with van der Waals surface area (Å²) in [5.41, 5.74) is 1.25. The Balaban J connectivity index is 1.87. The first-order valence-electron chi connectivity index (χ1n) is 7.04. The zero-order chi connectivity index (χ0) is 14.0. The van der Waals surface area contributed by atoms with Gasteiger partial charge < -0.3 is 14.8 Å². The van der Waals surface area contributed by atoms with Crippen molar-refractivity contribution in [1.29, 1.82) is 0 Å². The fourth-order valence-corrected chi connectivity index (χ4v) is 1.64. The van der Waals surface area contributed by atoms with Crippen molar-refractivity contribution in [2.45, 2.75) is 39.3 Å². The summed E-state index contributed by atoms with van der Waals surface area (Å²) in [6.45, 7) is 10.2. The minimum atomic E-state index is -0.0689. The van der Waals surface area contributed by atoms with Gasteiger partial charge in [0.2, 0.25) is 0 Å². The topological polar surface area (TPSA) is 30.5 Å². The van der Waals surface area contributed by atoms with Crippen LogP contribution in [-0.4, -0.2) is 32.0 Å². The van der Waals surface area contributed by atoms with E-state index in [-0.39, 0.29) is 5.60 Å². The molecule has 0 spiro atoms. The van der Waals surface area contributed by atoms with Gasteiger partial charge in [-0.15, -0.1) is 0 Å². The van der Waals surface area contributed by atoms with Crippen molar-refractivity contribution >= 4 is 0 Å². The maximum atomic E-state index is 5.57. The van der Waals surface area contributed by atoms with Gasteiger partial charge in [-0.1, -0.05) is 30.3 Å². The van der Waals surface area contributed by atoms with Crippen LogP contribution in [0.4, 0.5) is 0 Å². The van der Waals surface area contributed by atoms with Gasteiger partial charge in [-0.3, -0.25) is 0 Å². The second-order valence-electron chi connectivity index (χ2n) is 5.59. The molecule has 3 nitrogen and oxygen atoms in total. The van der Waals surface area contributed by atoms with Gasteiger partial charge in [0.25, 0.3) is 0 Å². The van der Waals surface area contributed by atoms with Crippen LogP contribution in [0.15, 0.2) is 30.3 Å². The normalized spacial score (nSPS) is 11.7. The molecule has 0 saturated heterocycles. The molecule has 0 aliphatic carbocycles. The summed E-state index contributed by atoms with van der Waals surface area (Å²) >= 11 is 0. The summed E-state index contributed by atoms with van der Waals surface area (Å²) in [6.07, 6.45) is 1.03. The van der Waals surface area contributed by atoms with Crippen LogP contribution in [0.5, 0.6) is 0 Å². The third kappa shape index (κ3) is 9.65. The van der Waals surface area contributed by atoms with E-state index in [1.165, 1.54) is 5.56 Å². The van der Waals surface area contributed by atoms with Crippen LogP contribution in [-0.2, 0) is 16.0 Å². The lowest BCUT2D eigenvalue weighted by atomic mass is 10.2. The third-order valence-corrected chi connectivity index (χ3v) is 2.58. The molecule has 1 aromatic carbocycles. The lowest BCUT2D eigenvalue weighted by Gasteiger charge is -2.19. The fraction of sp³-hybridized carbons (Fsp3) is 0.625. The quantitative estimate of drug-likeness (QED) is 0.696. The maximum Gasteiger partial charge on any atom is 0.0707 e. The van der Waals surface area contributed by atoms with Gasteiger partial charge >= 0.3 is 0 Å². The molecule has 3 heteroatoms. The first kappa shape index (κ1) is 16.2. The standard InChI is InChI=1S/C16H27NO2/c1-16(2,3)19-13-12-18-11-7-10-17-14-15-8-5-4-6-9-15/h4-6,8-9,17H,7,10-14H2,1-3H3. The molecular formula is C16H27NO2. The zero-order valence-corrected chi connectivity index (χ0v) is 12.4. The maximum absolute atomic E-state index is 5.57. The Morgan fingerprint density at radius 2 is 1.74 bits per heavy atom. The van der Waals surface area contributed by atoms with Crippen molar-refractivity contribution in [2.75, 3.05) is 26.4 Å². The van der Waals surface area contributed by atoms with E-state index in [0.29, 0.717) is 13.2 Å². The van der Waals surface area contributed by atoms with E-state index in [1.54, 1.807) is 0 Å². The van der Waals surface area contributed by atoms with Crippen molar-refractivity contribution in [1.82, 2.24) is 5.32 Å². The predicted molar refractivity (Wildman–Crippen MR) is 79.3 cm³/mol. The highest BCUT2D eigenvalue weighted by atomic mass is 16.5. The number of benzene rings is 1. The first-order valence-corrected chi connectivity index (χ1v) is 7.04. The van der Waals surface area contributed by atoms with Crippen molar-refractivity contribution in [3.05, 3.63) is 35.9 Å². The minimum absolute atomic E-state index is 0.0689. The predicted octanol–water partition coefficient (Wildman–Crippen LogP) is 3.00. The second-order valence-corrected chi connectivity index (χ2v) is 5.59. The minimum Gasteiger partial charge on any atom is -0.379 e. The van der Waals surface area contributed by atoms with Crippen molar-refractivity contribution in [3.8, 4) is 0 Å². The zero-order valence-electron chi connectivity index (χ0n) is 12.4. The van der Waals surface area contributed by atoms with Crippen LogP contribution in [0.1, 0.15) is 32.8 Å². The van der Waals surface area contributed by atoms with E-state index in [2.05, 4.69) is 50.4 Å². The van der Waals surface area contributed by atoms with Crippen LogP contribution in [0.25, 0.3) is 0 Å². The number of nitrogens with one attached hydrogen (secondary N) is 1. The van der Waals surface area contributed by atoms with Crippen LogP contribution < -0.4 is 5.32 Å². The van der Waals surface area contributed by atoms with E-state index >= 15 is 0 Å². The molecule has 0 atom stereocenters. The second kappa shape index (κ2) is 9.08. The molecule has 108 valence electrons. The third-order valence-electron chi connectivity index (χ3n) is 2.58. The highest BCUT2D eigenvalue weighted by Crippen LogP contribution is 2.05. The van der Waals surface area contributed by atoms with Crippen molar-refractivity contribution in [3.63, 3.8) is 0 Å². The molecule has 1 rings (SSSR count). The molecule has 0 aromatic heterocycles. The van der Waals surface area contributed by atoms with Gasteiger partial charge in [-0.2, -0.15) is 0 Å². The van der Waals surface area contributed by atoms with Gasteiger partial charge in [0.1, 0.15) is 0 Å². The average Bonchev–Trinajstić information content (AvgIpc) is 2.37. The number of ether oxygens (including phenoxy) is 2. The highest BCUT2D eigenvalue weighted by Gasteiger charge is 2.08. The molecule has 0 amide bonds. The molecule has 0 aliphatic rings. The summed E-state index contributed by atoms with van der Waals surface area (Å²) in [7, 11) is 0. The van der Waals surface area contributed by atoms with Crippen molar-refractivity contribution < 1.29 is 9.47 Å².